The summed E-state index contributed by atoms with van der Waals surface area (Å²) in [6.45, 7) is 7.68. The summed E-state index contributed by atoms with van der Waals surface area (Å²) in [6.07, 6.45) is 2.03. The van der Waals surface area contributed by atoms with Gasteiger partial charge in [0.05, 0.1) is 0 Å². The van der Waals surface area contributed by atoms with Crippen LogP contribution in [0.1, 0.15) is 45.5 Å². The first-order chi connectivity index (χ1) is 15.4. The van der Waals surface area contributed by atoms with E-state index < -0.39 is 0 Å². The summed E-state index contributed by atoms with van der Waals surface area (Å²) in [7, 11) is 0. The van der Waals surface area contributed by atoms with Crippen molar-refractivity contribution in [2.75, 3.05) is 24.5 Å². The van der Waals surface area contributed by atoms with Crippen LogP contribution in [-0.4, -0.2) is 30.4 Å². The number of halogens is 1. The Morgan fingerprint density at radius 2 is 1.56 bits per heavy atom. The Morgan fingerprint density at radius 3 is 2.25 bits per heavy atom. The molecule has 1 amide bonds. The van der Waals surface area contributed by atoms with Gasteiger partial charge < -0.3 is 4.90 Å². The molecular weight excluding hydrogens is 399 g/mol. The third-order valence-corrected chi connectivity index (χ3v) is 7.15. The van der Waals surface area contributed by atoms with Crippen LogP contribution in [0.3, 0.4) is 0 Å². The number of rotatable bonds is 3. The number of anilines is 1. The van der Waals surface area contributed by atoms with E-state index in [4.69, 9.17) is 0 Å². The van der Waals surface area contributed by atoms with Crippen LogP contribution < -0.4 is 4.90 Å². The van der Waals surface area contributed by atoms with Crippen molar-refractivity contribution in [1.29, 1.82) is 0 Å². The van der Waals surface area contributed by atoms with Crippen molar-refractivity contribution in [3.8, 4) is 0 Å². The average molecular weight is 429 g/mol. The Hall–Kier alpha value is -2.98. The van der Waals surface area contributed by atoms with Crippen molar-refractivity contribution in [3.05, 3.63) is 100 Å². The molecule has 32 heavy (non-hydrogen) atoms. The summed E-state index contributed by atoms with van der Waals surface area (Å²) in [5.41, 5.74) is 6.66. The van der Waals surface area contributed by atoms with Gasteiger partial charge in [-0.25, -0.2) is 4.39 Å². The molecule has 0 N–H and O–H groups in total. The molecule has 2 heterocycles. The van der Waals surface area contributed by atoms with Crippen molar-refractivity contribution in [2.45, 2.75) is 38.6 Å². The first-order valence-electron chi connectivity index (χ1n) is 11.4. The van der Waals surface area contributed by atoms with E-state index in [1.807, 2.05) is 48.2 Å². The fourth-order valence-corrected chi connectivity index (χ4v) is 5.23. The number of hydrogen-bond donors (Lipinski definition) is 0. The fourth-order valence-electron chi connectivity index (χ4n) is 5.23. The van der Waals surface area contributed by atoms with Crippen molar-refractivity contribution >= 4 is 11.6 Å². The van der Waals surface area contributed by atoms with Gasteiger partial charge in [0.15, 0.2) is 0 Å². The first-order valence-corrected chi connectivity index (χ1v) is 11.4. The molecule has 5 rings (SSSR count). The molecule has 2 aliphatic rings. The third-order valence-electron chi connectivity index (χ3n) is 7.15. The minimum Gasteiger partial charge on any atom is -0.307 e. The lowest BCUT2D eigenvalue weighted by molar-refractivity contribution is 0.0975. The molecule has 3 aromatic carbocycles. The molecule has 0 saturated carbocycles. The molecule has 1 fully saturated rings. The Kier molecular flexibility index (Phi) is 5.34. The van der Waals surface area contributed by atoms with Crippen LogP contribution in [0.2, 0.25) is 0 Å². The molecule has 164 valence electrons. The largest absolute Gasteiger partial charge is 0.307 e. The quantitative estimate of drug-likeness (QED) is 0.539. The van der Waals surface area contributed by atoms with Crippen molar-refractivity contribution < 1.29 is 9.18 Å². The highest BCUT2D eigenvalue weighted by atomic mass is 19.1. The summed E-state index contributed by atoms with van der Waals surface area (Å²) >= 11 is 0. The number of nitrogens with zero attached hydrogens (tertiary/aromatic N) is 2. The summed E-state index contributed by atoms with van der Waals surface area (Å²) in [6, 6.07) is 21.2. The van der Waals surface area contributed by atoms with E-state index >= 15 is 0 Å². The van der Waals surface area contributed by atoms with E-state index in [0.29, 0.717) is 0 Å². The van der Waals surface area contributed by atoms with Crippen molar-refractivity contribution in [1.82, 2.24) is 4.90 Å². The maximum Gasteiger partial charge on any atom is 0.258 e. The number of fused-ring (bicyclic) bond motifs is 2. The molecule has 0 aliphatic carbocycles. The van der Waals surface area contributed by atoms with Gasteiger partial charge in [-0.3, -0.25) is 9.69 Å². The van der Waals surface area contributed by atoms with Crippen LogP contribution in [-0.2, 0) is 12.0 Å². The topological polar surface area (TPSA) is 23.6 Å². The number of benzene rings is 3. The molecule has 3 nitrogen and oxygen atoms in total. The van der Waals surface area contributed by atoms with Gasteiger partial charge >= 0.3 is 0 Å². The standard InChI is InChI=1S/C28H29FN2O/c1-20-3-8-23(9-4-20)27(32)31-19-28(25-17-21(2)5-12-26(25)31)13-15-30(16-14-28)18-22-6-10-24(29)11-7-22/h3-12,17H,13-16,18-19H2,1-2H3. The SMILES string of the molecule is Cc1ccc(C(=O)N2CC3(CCN(Cc4ccc(F)cc4)CC3)c3cc(C)ccc32)cc1. The first kappa shape index (κ1) is 20.9. The van der Waals surface area contributed by atoms with E-state index in [0.717, 1.165) is 61.4 Å². The van der Waals surface area contributed by atoms with Crippen LogP contribution in [0.4, 0.5) is 10.1 Å². The van der Waals surface area contributed by atoms with E-state index in [1.54, 1.807) is 0 Å². The second-order valence-electron chi connectivity index (χ2n) is 9.46. The summed E-state index contributed by atoms with van der Waals surface area (Å²) < 4.78 is 13.2. The highest BCUT2D eigenvalue weighted by Crippen LogP contribution is 2.48. The van der Waals surface area contributed by atoms with Gasteiger partial charge in [0.1, 0.15) is 5.82 Å². The maximum absolute atomic E-state index is 13.4. The molecule has 1 saturated heterocycles. The monoisotopic (exact) mass is 428 g/mol. The number of aryl methyl sites for hydroxylation is 2. The van der Waals surface area contributed by atoms with Crippen LogP contribution in [0.5, 0.6) is 0 Å². The number of carbonyl (C=O) groups excluding carboxylic acids is 1. The molecule has 3 aromatic rings. The number of carbonyl (C=O) groups is 1. The zero-order valence-electron chi connectivity index (χ0n) is 18.8. The Labute approximate surface area is 189 Å². The number of hydrogen-bond acceptors (Lipinski definition) is 2. The molecular formula is C28H29FN2O. The predicted molar refractivity (Wildman–Crippen MR) is 127 cm³/mol. The van der Waals surface area contributed by atoms with Gasteiger partial charge in [0, 0.05) is 29.8 Å². The molecule has 0 radical (unpaired) electrons. The second-order valence-corrected chi connectivity index (χ2v) is 9.46. The maximum atomic E-state index is 13.4. The van der Waals surface area contributed by atoms with E-state index in [-0.39, 0.29) is 17.1 Å². The average Bonchev–Trinajstić information content (AvgIpc) is 3.10. The lowest BCUT2D eigenvalue weighted by Gasteiger charge is -2.40. The van der Waals surface area contributed by atoms with E-state index in [2.05, 4.69) is 30.0 Å². The number of piperidine rings is 1. The van der Waals surface area contributed by atoms with E-state index in [9.17, 15) is 9.18 Å². The smallest absolute Gasteiger partial charge is 0.258 e. The zero-order valence-corrected chi connectivity index (χ0v) is 18.8. The minimum absolute atomic E-state index is 0.000998. The second kappa shape index (κ2) is 8.18. The highest BCUT2D eigenvalue weighted by Gasteiger charge is 2.46. The van der Waals surface area contributed by atoms with Gasteiger partial charge in [-0.15, -0.1) is 0 Å². The Bertz CT molecular complexity index is 1130. The van der Waals surface area contributed by atoms with Crippen LogP contribution in [0.25, 0.3) is 0 Å². The minimum atomic E-state index is -0.192. The fraction of sp³-hybridized carbons (Fsp3) is 0.321. The van der Waals surface area contributed by atoms with E-state index in [1.165, 1.54) is 23.3 Å². The summed E-state index contributed by atoms with van der Waals surface area (Å²) in [4.78, 5) is 17.9. The molecule has 1 spiro atoms. The molecule has 4 heteroatoms. The molecule has 0 aromatic heterocycles. The lowest BCUT2D eigenvalue weighted by atomic mass is 9.74. The van der Waals surface area contributed by atoms with Crippen LogP contribution in [0, 0.1) is 19.7 Å². The van der Waals surface area contributed by atoms with Crippen molar-refractivity contribution in [2.24, 2.45) is 0 Å². The molecule has 0 atom stereocenters. The molecule has 2 aliphatic heterocycles. The summed E-state index contributed by atoms with van der Waals surface area (Å²) in [5.74, 6) is -0.108. The van der Waals surface area contributed by atoms with Crippen LogP contribution >= 0.6 is 0 Å². The van der Waals surface area contributed by atoms with Gasteiger partial charge in [-0.05, 0) is 81.2 Å². The molecule has 0 unspecified atom stereocenters. The normalized spacial score (nSPS) is 17.5. The number of likely N-dealkylation sites (tertiary alicyclic amines) is 1. The van der Waals surface area contributed by atoms with Crippen LogP contribution in [0.15, 0.2) is 66.7 Å². The van der Waals surface area contributed by atoms with Gasteiger partial charge in [0.2, 0.25) is 0 Å². The summed E-state index contributed by atoms with van der Waals surface area (Å²) in [5, 5.41) is 0. The number of amides is 1. The van der Waals surface area contributed by atoms with Crippen molar-refractivity contribution in [3.63, 3.8) is 0 Å². The highest BCUT2D eigenvalue weighted by molar-refractivity contribution is 6.07. The Morgan fingerprint density at radius 1 is 0.906 bits per heavy atom. The predicted octanol–water partition coefficient (Wildman–Crippen LogP) is 5.64. The van der Waals surface area contributed by atoms with Gasteiger partial charge in [-0.2, -0.15) is 0 Å². The molecule has 0 bridgehead atoms. The third kappa shape index (κ3) is 3.84. The van der Waals surface area contributed by atoms with Gasteiger partial charge in [0.25, 0.3) is 5.91 Å². The zero-order chi connectivity index (χ0) is 22.3. The Balaban J connectivity index is 1.38. The van der Waals surface area contributed by atoms with Gasteiger partial charge in [-0.1, -0.05) is 47.5 Å². The lowest BCUT2D eigenvalue weighted by Crippen LogP contribution is -2.45.